The smallest absolute Gasteiger partial charge is 0.251 e. The summed E-state index contributed by atoms with van der Waals surface area (Å²) in [5.41, 5.74) is 1.80. The van der Waals surface area contributed by atoms with E-state index < -0.39 is 0 Å². The third kappa shape index (κ3) is 8.14. The lowest BCUT2D eigenvalue weighted by molar-refractivity contribution is 0.0954. The number of aliphatic imine (C=N–C) groups is 1. The second kappa shape index (κ2) is 13.3. The van der Waals surface area contributed by atoms with Gasteiger partial charge in [0, 0.05) is 44.2 Å². The summed E-state index contributed by atoms with van der Waals surface area (Å²) >= 11 is 1.73. The lowest BCUT2D eigenvalue weighted by Crippen LogP contribution is -2.42. The summed E-state index contributed by atoms with van der Waals surface area (Å²) in [5, 5.41) is 6.17. The van der Waals surface area contributed by atoms with Gasteiger partial charge in [-0.15, -0.1) is 35.7 Å². The van der Waals surface area contributed by atoms with Crippen LogP contribution in [0.15, 0.2) is 58.4 Å². The minimum atomic E-state index is -0.127. The molecule has 0 heterocycles. The predicted molar refractivity (Wildman–Crippen MR) is 132 cm³/mol. The van der Waals surface area contributed by atoms with E-state index >= 15 is 0 Å². The highest BCUT2D eigenvalue weighted by Gasteiger charge is 2.08. The van der Waals surface area contributed by atoms with Crippen LogP contribution in [0.3, 0.4) is 0 Å². The molecule has 0 aliphatic rings. The van der Waals surface area contributed by atoms with E-state index in [4.69, 9.17) is 4.74 Å². The molecule has 6 nitrogen and oxygen atoms in total. The van der Waals surface area contributed by atoms with Crippen LogP contribution in [0.2, 0.25) is 0 Å². The van der Waals surface area contributed by atoms with Crippen LogP contribution in [0.1, 0.15) is 15.9 Å². The van der Waals surface area contributed by atoms with Gasteiger partial charge in [-0.1, -0.05) is 18.2 Å². The maximum Gasteiger partial charge on any atom is 0.251 e. The van der Waals surface area contributed by atoms with E-state index in [0.29, 0.717) is 24.4 Å². The molecule has 8 heteroatoms. The van der Waals surface area contributed by atoms with Crippen molar-refractivity contribution in [3.05, 3.63) is 59.7 Å². The lowest BCUT2D eigenvalue weighted by atomic mass is 10.2. The van der Waals surface area contributed by atoms with Gasteiger partial charge < -0.3 is 20.3 Å². The fourth-order valence-electron chi connectivity index (χ4n) is 2.68. The van der Waals surface area contributed by atoms with Crippen LogP contribution in [0.5, 0.6) is 5.75 Å². The number of methoxy groups -OCH3 is 1. The zero-order chi connectivity index (χ0) is 20.4. The first-order chi connectivity index (χ1) is 13.6. The monoisotopic (exact) mass is 528 g/mol. The van der Waals surface area contributed by atoms with Crippen molar-refractivity contribution in [2.24, 2.45) is 4.99 Å². The maximum absolute atomic E-state index is 12.2. The van der Waals surface area contributed by atoms with Gasteiger partial charge in [0.25, 0.3) is 5.91 Å². The van der Waals surface area contributed by atoms with Crippen LogP contribution in [0, 0.1) is 0 Å². The number of halogens is 1. The van der Waals surface area contributed by atoms with E-state index in [1.165, 1.54) is 10.5 Å². The van der Waals surface area contributed by atoms with Crippen molar-refractivity contribution >= 4 is 47.6 Å². The number of ether oxygens (including phenoxy) is 1. The Balaban J connectivity index is 0.00000420. The van der Waals surface area contributed by atoms with E-state index in [0.717, 1.165) is 12.5 Å². The number of nitrogens with zero attached hydrogens (tertiary/aromatic N) is 2. The maximum atomic E-state index is 12.2. The Morgan fingerprint density at radius 1 is 1.14 bits per heavy atom. The zero-order valence-electron chi connectivity index (χ0n) is 17.3. The van der Waals surface area contributed by atoms with E-state index in [1.54, 1.807) is 44.1 Å². The minimum absolute atomic E-state index is 0. The summed E-state index contributed by atoms with van der Waals surface area (Å²) < 4.78 is 5.15. The van der Waals surface area contributed by atoms with Crippen LogP contribution in [-0.4, -0.2) is 57.3 Å². The van der Waals surface area contributed by atoms with Gasteiger partial charge in [0.1, 0.15) is 5.75 Å². The third-order valence-electron chi connectivity index (χ3n) is 4.18. The van der Waals surface area contributed by atoms with Gasteiger partial charge in [-0.2, -0.15) is 0 Å². The van der Waals surface area contributed by atoms with Crippen molar-refractivity contribution in [2.75, 3.05) is 40.6 Å². The summed E-state index contributed by atoms with van der Waals surface area (Å²) in [6.07, 6.45) is 2.07. The molecule has 0 saturated heterocycles. The van der Waals surface area contributed by atoms with Gasteiger partial charge in [-0.05, 0) is 42.2 Å². The molecule has 2 aromatic rings. The molecule has 0 spiro atoms. The van der Waals surface area contributed by atoms with Gasteiger partial charge in [-0.25, -0.2) is 0 Å². The number of rotatable bonds is 8. The number of amides is 1. The van der Waals surface area contributed by atoms with E-state index in [2.05, 4.69) is 51.0 Å². The number of benzene rings is 2. The van der Waals surface area contributed by atoms with E-state index in [1.807, 2.05) is 13.1 Å². The topological polar surface area (TPSA) is 66.0 Å². The highest BCUT2D eigenvalue weighted by Crippen LogP contribution is 2.15. The molecule has 0 unspecified atom stereocenters. The number of thioether (sulfide) groups is 1. The van der Waals surface area contributed by atoms with Crippen molar-refractivity contribution in [1.29, 1.82) is 0 Å². The molecular weight excluding hydrogens is 499 g/mol. The first kappa shape index (κ1) is 25.1. The third-order valence-corrected chi connectivity index (χ3v) is 4.92. The number of hydrogen-bond donors (Lipinski definition) is 2. The average molecular weight is 528 g/mol. The fraction of sp³-hybridized carbons (Fsp3) is 0.333. The Kier molecular flexibility index (Phi) is 11.5. The van der Waals surface area contributed by atoms with Gasteiger partial charge in [0.15, 0.2) is 5.96 Å². The number of guanidine groups is 1. The molecule has 2 rings (SSSR count). The Labute approximate surface area is 194 Å². The minimum Gasteiger partial charge on any atom is -0.497 e. The van der Waals surface area contributed by atoms with Crippen molar-refractivity contribution in [1.82, 2.24) is 15.5 Å². The fourth-order valence-corrected chi connectivity index (χ4v) is 3.09. The first-order valence-corrected chi connectivity index (χ1v) is 10.3. The SMILES string of the molecule is CN=C(NCCNC(=O)c1cccc(OC)c1)N(C)Cc1ccc(SC)cc1.I. The summed E-state index contributed by atoms with van der Waals surface area (Å²) in [6, 6.07) is 15.6. The largest absolute Gasteiger partial charge is 0.497 e. The second-order valence-corrected chi connectivity index (χ2v) is 7.05. The first-order valence-electron chi connectivity index (χ1n) is 9.04. The Morgan fingerprint density at radius 3 is 2.45 bits per heavy atom. The van der Waals surface area contributed by atoms with E-state index in [-0.39, 0.29) is 29.9 Å². The standard InChI is InChI=1S/C21H28N4O2S.HI/c1-22-21(25(2)15-16-8-10-19(28-4)11-9-16)24-13-12-23-20(26)17-6-5-7-18(14-17)27-3;/h5-11,14H,12-13,15H2,1-4H3,(H,22,24)(H,23,26);1H. The van der Waals surface area contributed by atoms with Crippen LogP contribution >= 0.6 is 35.7 Å². The van der Waals surface area contributed by atoms with Crippen molar-refractivity contribution in [2.45, 2.75) is 11.4 Å². The van der Waals surface area contributed by atoms with Crippen LogP contribution < -0.4 is 15.4 Å². The molecule has 158 valence electrons. The summed E-state index contributed by atoms with van der Waals surface area (Å²) in [4.78, 5) is 19.8. The number of hydrogen-bond acceptors (Lipinski definition) is 4. The molecular formula is C21H29IN4O2S. The second-order valence-electron chi connectivity index (χ2n) is 6.17. The molecule has 0 radical (unpaired) electrons. The van der Waals surface area contributed by atoms with Gasteiger partial charge >= 0.3 is 0 Å². The van der Waals surface area contributed by atoms with E-state index in [9.17, 15) is 4.79 Å². The highest BCUT2D eigenvalue weighted by molar-refractivity contribution is 14.0. The zero-order valence-corrected chi connectivity index (χ0v) is 20.4. The molecule has 2 N–H and O–H groups in total. The summed E-state index contributed by atoms with van der Waals surface area (Å²) in [5.74, 6) is 1.32. The molecule has 29 heavy (non-hydrogen) atoms. The number of carbonyl (C=O) groups is 1. The van der Waals surface area contributed by atoms with Crippen molar-refractivity contribution in [3.63, 3.8) is 0 Å². The van der Waals surface area contributed by atoms with Gasteiger partial charge in [0.2, 0.25) is 0 Å². The van der Waals surface area contributed by atoms with Crippen molar-refractivity contribution < 1.29 is 9.53 Å². The quantitative estimate of drug-likeness (QED) is 0.181. The number of nitrogens with one attached hydrogen (secondary N) is 2. The predicted octanol–water partition coefficient (Wildman–Crippen LogP) is 3.47. The van der Waals surface area contributed by atoms with Crippen LogP contribution in [-0.2, 0) is 6.54 Å². The average Bonchev–Trinajstić information content (AvgIpc) is 2.74. The Bertz CT molecular complexity index is 800. The Morgan fingerprint density at radius 2 is 1.83 bits per heavy atom. The summed E-state index contributed by atoms with van der Waals surface area (Å²) in [7, 11) is 5.33. The van der Waals surface area contributed by atoms with Gasteiger partial charge in [-0.3, -0.25) is 9.79 Å². The molecule has 0 atom stereocenters. The van der Waals surface area contributed by atoms with Crippen LogP contribution in [0.4, 0.5) is 0 Å². The molecule has 0 aromatic heterocycles. The van der Waals surface area contributed by atoms with Crippen molar-refractivity contribution in [3.8, 4) is 5.75 Å². The summed E-state index contributed by atoms with van der Waals surface area (Å²) in [6.45, 7) is 1.83. The molecule has 2 aromatic carbocycles. The van der Waals surface area contributed by atoms with Gasteiger partial charge in [0.05, 0.1) is 7.11 Å². The molecule has 1 amide bonds. The Hall–Kier alpha value is -1.94. The molecule has 0 aliphatic carbocycles. The van der Waals surface area contributed by atoms with Crippen LogP contribution in [0.25, 0.3) is 0 Å². The number of carbonyl (C=O) groups excluding carboxylic acids is 1. The lowest BCUT2D eigenvalue weighted by Gasteiger charge is -2.22. The molecule has 0 fully saturated rings. The molecule has 0 bridgehead atoms. The molecule has 0 saturated carbocycles. The highest BCUT2D eigenvalue weighted by atomic mass is 127. The molecule has 0 aliphatic heterocycles. The normalized spacial score (nSPS) is 10.7.